The maximum atomic E-state index is 12.4. The molecule has 0 aliphatic carbocycles. The number of hydrogen-bond donors (Lipinski definition) is 1. The molecule has 0 saturated carbocycles. The minimum absolute atomic E-state index is 0. The van der Waals surface area contributed by atoms with Gasteiger partial charge in [0.25, 0.3) is 0 Å². The number of pyridine rings is 1. The zero-order valence-corrected chi connectivity index (χ0v) is 16.4. The number of carboxylic acid groups (broad SMARTS) is 1. The van der Waals surface area contributed by atoms with E-state index < -0.39 is 5.97 Å². The van der Waals surface area contributed by atoms with Crippen molar-refractivity contribution in [2.45, 2.75) is 6.42 Å². The third kappa shape index (κ3) is 6.50. The smallest absolute Gasteiger partial charge is 0.307 e. The highest BCUT2D eigenvalue weighted by atomic mass is 35.5. The summed E-state index contributed by atoms with van der Waals surface area (Å²) in [4.78, 5) is 31.6. The molecular weight excluding hydrogens is 389 g/mol. The highest BCUT2D eigenvalue weighted by Crippen LogP contribution is 2.15. The molecule has 1 saturated heterocycles. The molecule has 27 heavy (non-hydrogen) atoms. The van der Waals surface area contributed by atoms with Crippen molar-refractivity contribution in [1.82, 2.24) is 9.88 Å². The number of aromatic nitrogens is 1. The molecular formula is C19H23Cl2N3O3. The molecule has 0 unspecified atom stereocenters. The van der Waals surface area contributed by atoms with Gasteiger partial charge in [-0.25, -0.2) is 0 Å². The minimum atomic E-state index is -0.869. The van der Waals surface area contributed by atoms with Gasteiger partial charge in [0, 0.05) is 49.8 Å². The van der Waals surface area contributed by atoms with Gasteiger partial charge in [-0.3, -0.25) is 19.5 Å². The maximum Gasteiger partial charge on any atom is 0.307 e. The first-order valence-electron chi connectivity index (χ1n) is 8.33. The van der Waals surface area contributed by atoms with Crippen LogP contribution >= 0.6 is 24.8 Å². The van der Waals surface area contributed by atoms with E-state index in [1.807, 2.05) is 12.1 Å². The van der Waals surface area contributed by atoms with Crippen LogP contribution in [0.2, 0.25) is 0 Å². The lowest BCUT2D eigenvalue weighted by Crippen LogP contribution is -2.48. The average molecular weight is 412 g/mol. The lowest BCUT2D eigenvalue weighted by Gasteiger charge is -2.35. The fourth-order valence-electron chi connectivity index (χ4n) is 3.00. The Morgan fingerprint density at radius 1 is 0.926 bits per heavy atom. The van der Waals surface area contributed by atoms with E-state index >= 15 is 0 Å². The van der Waals surface area contributed by atoms with E-state index in [0.29, 0.717) is 17.7 Å². The third-order valence-corrected chi connectivity index (χ3v) is 4.40. The summed E-state index contributed by atoms with van der Waals surface area (Å²) in [5.41, 5.74) is 2.50. The number of benzene rings is 1. The van der Waals surface area contributed by atoms with Crippen molar-refractivity contribution in [3.05, 3.63) is 59.9 Å². The molecule has 2 heterocycles. The van der Waals surface area contributed by atoms with Crippen LogP contribution in [0, 0.1) is 0 Å². The van der Waals surface area contributed by atoms with Gasteiger partial charge in [0.1, 0.15) is 0 Å². The van der Waals surface area contributed by atoms with Crippen molar-refractivity contribution >= 4 is 42.3 Å². The summed E-state index contributed by atoms with van der Waals surface area (Å²) in [6.45, 7) is 3.84. The standard InChI is InChI=1S/C19H21N3O3.2ClH/c23-18(16-3-1-15(2-4-16)13-19(24)25)14-21-9-11-22(12-10-21)17-5-7-20-8-6-17;;/h1-8H,9-14H2,(H,24,25);2*1H. The van der Waals surface area contributed by atoms with Gasteiger partial charge in [0.15, 0.2) is 5.78 Å². The predicted octanol–water partition coefficient (Wildman–Crippen LogP) is 2.56. The van der Waals surface area contributed by atoms with E-state index in [4.69, 9.17) is 5.11 Å². The van der Waals surface area contributed by atoms with Gasteiger partial charge in [0.2, 0.25) is 0 Å². The monoisotopic (exact) mass is 411 g/mol. The molecule has 8 heteroatoms. The predicted molar refractivity (Wildman–Crippen MR) is 109 cm³/mol. The lowest BCUT2D eigenvalue weighted by molar-refractivity contribution is -0.136. The Kier molecular flexibility index (Phi) is 9.21. The van der Waals surface area contributed by atoms with Crippen LogP contribution < -0.4 is 4.90 Å². The molecule has 2 aromatic rings. The molecule has 1 aliphatic rings. The van der Waals surface area contributed by atoms with Crippen LogP contribution in [0.5, 0.6) is 0 Å². The van der Waals surface area contributed by atoms with Gasteiger partial charge < -0.3 is 10.0 Å². The Bertz CT molecular complexity index is 734. The van der Waals surface area contributed by atoms with Gasteiger partial charge in [0.05, 0.1) is 13.0 Å². The van der Waals surface area contributed by atoms with E-state index in [1.165, 1.54) is 0 Å². The quantitative estimate of drug-likeness (QED) is 0.736. The molecule has 1 aliphatic heterocycles. The summed E-state index contributed by atoms with van der Waals surface area (Å²) in [5.74, 6) is -0.801. The molecule has 0 atom stereocenters. The number of hydrogen-bond acceptors (Lipinski definition) is 5. The molecule has 0 radical (unpaired) electrons. The van der Waals surface area contributed by atoms with Gasteiger partial charge in [-0.1, -0.05) is 24.3 Å². The Labute approximate surface area is 171 Å². The van der Waals surface area contributed by atoms with Gasteiger partial charge >= 0.3 is 5.97 Å². The van der Waals surface area contributed by atoms with Gasteiger partial charge in [-0.05, 0) is 17.7 Å². The third-order valence-electron chi connectivity index (χ3n) is 4.40. The molecule has 1 N–H and O–H groups in total. The summed E-state index contributed by atoms with van der Waals surface area (Å²) in [5, 5.41) is 8.78. The summed E-state index contributed by atoms with van der Waals surface area (Å²) in [6.07, 6.45) is 3.56. The number of Topliss-reactive ketones (excluding diaryl/α,β-unsaturated/α-hetero) is 1. The van der Waals surface area contributed by atoms with Crippen LogP contribution in [0.15, 0.2) is 48.8 Å². The van der Waals surface area contributed by atoms with Crippen molar-refractivity contribution in [2.24, 2.45) is 0 Å². The number of nitrogens with zero attached hydrogens (tertiary/aromatic N) is 3. The second kappa shape index (κ2) is 10.9. The first-order valence-corrected chi connectivity index (χ1v) is 8.33. The number of carboxylic acids is 1. The van der Waals surface area contributed by atoms with Crippen molar-refractivity contribution in [1.29, 1.82) is 0 Å². The maximum absolute atomic E-state index is 12.4. The van der Waals surface area contributed by atoms with Crippen LogP contribution in [0.4, 0.5) is 5.69 Å². The fourth-order valence-corrected chi connectivity index (χ4v) is 3.00. The second-order valence-corrected chi connectivity index (χ2v) is 6.16. The molecule has 146 valence electrons. The molecule has 0 spiro atoms. The number of piperazine rings is 1. The van der Waals surface area contributed by atoms with Crippen LogP contribution in [-0.4, -0.2) is 59.5 Å². The van der Waals surface area contributed by atoms with Crippen molar-refractivity contribution in [3.63, 3.8) is 0 Å². The Hall–Kier alpha value is -2.15. The second-order valence-electron chi connectivity index (χ2n) is 6.16. The SMILES string of the molecule is Cl.Cl.O=C(O)Cc1ccc(C(=O)CN2CCN(c3ccncc3)CC2)cc1. The van der Waals surface area contributed by atoms with Crippen LogP contribution in [0.1, 0.15) is 15.9 Å². The van der Waals surface area contributed by atoms with E-state index in [0.717, 1.165) is 31.9 Å². The number of carbonyl (C=O) groups excluding carboxylic acids is 1. The zero-order valence-electron chi connectivity index (χ0n) is 14.8. The van der Waals surface area contributed by atoms with Crippen LogP contribution in [-0.2, 0) is 11.2 Å². The Morgan fingerprint density at radius 2 is 1.52 bits per heavy atom. The van der Waals surface area contributed by atoms with Crippen molar-refractivity contribution in [3.8, 4) is 0 Å². The largest absolute Gasteiger partial charge is 0.481 e. The van der Waals surface area contributed by atoms with E-state index in [-0.39, 0.29) is 37.0 Å². The molecule has 1 aromatic heterocycles. The van der Waals surface area contributed by atoms with E-state index in [9.17, 15) is 9.59 Å². The molecule has 3 rings (SSSR count). The first kappa shape index (κ1) is 22.9. The van der Waals surface area contributed by atoms with E-state index in [2.05, 4.69) is 14.8 Å². The first-order chi connectivity index (χ1) is 12.1. The van der Waals surface area contributed by atoms with E-state index in [1.54, 1.807) is 36.7 Å². The zero-order chi connectivity index (χ0) is 17.6. The summed E-state index contributed by atoms with van der Waals surface area (Å²) in [7, 11) is 0. The molecule has 6 nitrogen and oxygen atoms in total. The molecule has 1 aromatic carbocycles. The summed E-state index contributed by atoms with van der Waals surface area (Å²) in [6, 6.07) is 10.9. The molecule has 1 fully saturated rings. The lowest BCUT2D eigenvalue weighted by atomic mass is 10.1. The summed E-state index contributed by atoms with van der Waals surface area (Å²) < 4.78 is 0. The average Bonchev–Trinajstić information content (AvgIpc) is 2.63. The van der Waals surface area contributed by atoms with Gasteiger partial charge in [-0.2, -0.15) is 0 Å². The molecule has 0 amide bonds. The summed E-state index contributed by atoms with van der Waals surface area (Å²) >= 11 is 0. The Balaban J connectivity index is 0.00000182. The number of ketones is 1. The van der Waals surface area contributed by atoms with Crippen molar-refractivity contribution in [2.75, 3.05) is 37.6 Å². The normalized spacial score (nSPS) is 14.0. The van der Waals surface area contributed by atoms with Crippen LogP contribution in [0.25, 0.3) is 0 Å². The highest BCUT2D eigenvalue weighted by Gasteiger charge is 2.19. The topological polar surface area (TPSA) is 73.7 Å². The van der Waals surface area contributed by atoms with Crippen molar-refractivity contribution < 1.29 is 14.7 Å². The number of rotatable bonds is 6. The number of carbonyl (C=O) groups is 2. The number of anilines is 1. The minimum Gasteiger partial charge on any atom is -0.481 e. The van der Waals surface area contributed by atoms with Crippen LogP contribution in [0.3, 0.4) is 0 Å². The number of halogens is 2. The highest BCUT2D eigenvalue weighted by molar-refractivity contribution is 5.97. The van der Waals surface area contributed by atoms with Gasteiger partial charge in [-0.15, -0.1) is 24.8 Å². The molecule has 0 bridgehead atoms. The fraction of sp³-hybridized carbons (Fsp3) is 0.316. The Morgan fingerprint density at radius 3 is 2.07 bits per heavy atom. The number of aliphatic carboxylic acids is 1.